The van der Waals surface area contributed by atoms with Crippen LogP contribution in [0, 0.1) is 0 Å². The summed E-state index contributed by atoms with van der Waals surface area (Å²) in [5.74, 6) is 0.541. The number of rotatable bonds is 2. The molecule has 0 aliphatic carbocycles. The Morgan fingerprint density at radius 2 is 1.66 bits per heavy atom. The van der Waals surface area contributed by atoms with Gasteiger partial charge in [0.05, 0.1) is 0 Å². The van der Waals surface area contributed by atoms with E-state index < -0.39 is 0 Å². The van der Waals surface area contributed by atoms with Crippen LogP contribution >= 0.6 is 0 Å². The molecule has 1 aliphatic rings. The van der Waals surface area contributed by atoms with Gasteiger partial charge in [0.1, 0.15) is 17.2 Å². The second kappa shape index (κ2) is 6.21. The Bertz CT molecular complexity index is 1390. The summed E-state index contributed by atoms with van der Waals surface area (Å²) < 4.78 is 4.72. The number of pyridine rings is 2. The van der Waals surface area contributed by atoms with E-state index in [-0.39, 0.29) is 0 Å². The summed E-state index contributed by atoms with van der Waals surface area (Å²) in [5, 5.41) is 2.60. The predicted molar refractivity (Wildman–Crippen MR) is 121 cm³/mol. The van der Waals surface area contributed by atoms with Gasteiger partial charge >= 0.3 is 0 Å². The summed E-state index contributed by atoms with van der Waals surface area (Å²) in [7, 11) is 0. The molecule has 5 aromatic rings. The third-order valence-corrected chi connectivity index (χ3v) is 6.54. The van der Waals surface area contributed by atoms with Crippen LogP contribution < -0.4 is 9.30 Å². The van der Waals surface area contributed by atoms with Crippen LogP contribution in [0.1, 0.15) is 38.2 Å². The van der Waals surface area contributed by atoms with E-state index in [9.17, 15) is 0 Å². The van der Waals surface area contributed by atoms with E-state index in [1.807, 2.05) is 0 Å². The molecule has 0 N–H and O–H groups in total. The van der Waals surface area contributed by atoms with E-state index in [1.165, 1.54) is 70.2 Å². The smallest absolute Gasteiger partial charge is 0.292 e. The summed E-state index contributed by atoms with van der Waals surface area (Å²) in [6, 6.07) is 22.8. The number of nitrogens with zero attached hydrogens (tertiary/aromatic N) is 3. The quantitative estimate of drug-likeness (QED) is 0.357. The first kappa shape index (κ1) is 16.8. The first-order valence-corrected chi connectivity index (χ1v) is 10.8. The van der Waals surface area contributed by atoms with E-state index in [4.69, 9.17) is 0 Å². The van der Waals surface area contributed by atoms with E-state index in [2.05, 4.69) is 94.4 Å². The second-order valence-electron chi connectivity index (χ2n) is 8.69. The van der Waals surface area contributed by atoms with Crippen molar-refractivity contribution in [1.29, 1.82) is 0 Å². The topological polar surface area (TPSA) is 11.8 Å². The van der Waals surface area contributed by atoms with Crippen LogP contribution in [0.2, 0.25) is 0 Å². The lowest BCUT2D eigenvalue weighted by Crippen LogP contribution is -2.21. The summed E-state index contributed by atoms with van der Waals surface area (Å²) >= 11 is 0. The third-order valence-electron chi connectivity index (χ3n) is 6.54. The van der Waals surface area contributed by atoms with Crippen molar-refractivity contribution in [1.82, 2.24) is 4.40 Å². The minimum absolute atomic E-state index is 0.541. The van der Waals surface area contributed by atoms with Gasteiger partial charge in [-0.25, -0.2) is 0 Å². The van der Waals surface area contributed by atoms with Crippen LogP contribution in [-0.2, 0) is 0 Å². The van der Waals surface area contributed by atoms with E-state index in [1.54, 1.807) is 0 Å². The molecule has 1 aliphatic heterocycles. The zero-order valence-electron chi connectivity index (χ0n) is 17.1. The van der Waals surface area contributed by atoms with Gasteiger partial charge in [-0.1, -0.05) is 19.9 Å². The molecular formula is C26H26N3+. The van der Waals surface area contributed by atoms with Crippen LogP contribution in [0.3, 0.4) is 0 Å². The fourth-order valence-electron chi connectivity index (χ4n) is 4.90. The van der Waals surface area contributed by atoms with Crippen molar-refractivity contribution in [2.45, 2.75) is 32.6 Å². The van der Waals surface area contributed by atoms with Gasteiger partial charge in [0.15, 0.2) is 5.52 Å². The van der Waals surface area contributed by atoms with E-state index in [0.717, 1.165) is 0 Å². The minimum atomic E-state index is 0.541. The van der Waals surface area contributed by atoms with Crippen LogP contribution in [-0.4, -0.2) is 17.5 Å². The largest absolute Gasteiger partial charge is 0.372 e. The highest BCUT2D eigenvalue weighted by molar-refractivity contribution is 5.87. The minimum Gasteiger partial charge on any atom is -0.372 e. The predicted octanol–water partition coefficient (Wildman–Crippen LogP) is 5.71. The van der Waals surface area contributed by atoms with Crippen molar-refractivity contribution in [3.05, 3.63) is 72.4 Å². The first-order chi connectivity index (χ1) is 14.2. The number of aromatic nitrogens is 2. The summed E-state index contributed by atoms with van der Waals surface area (Å²) in [5.41, 5.74) is 7.71. The molecule has 6 rings (SSSR count). The average molecular weight is 381 g/mol. The highest BCUT2D eigenvalue weighted by Gasteiger charge is 2.18. The van der Waals surface area contributed by atoms with Gasteiger partial charge in [0, 0.05) is 35.6 Å². The molecule has 0 bridgehead atoms. The summed E-state index contributed by atoms with van der Waals surface area (Å²) in [6.07, 6.45) is 4.88. The lowest BCUT2D eigenvalue weighted by atomic mass is 10.0. The highest BCUT2D eigenvalue weighted by Crippen LogP contribution is 2.27. The summed E-state index contributed by atoms with van der Waals surface area (Å²) in [4.78, 5) is 2.50. The molecule has 3 heteroatoms. The van der Waals surface area contributed by atoms with Gasteiger partial charge in [-0.3, -0.25) is 0 Å². The van der Waals surface area contributed by atoms with Gasteiger partial charge < -0.3 is 4.90 Å². The number of anilines is 1. The van der Waals surface area contributed by atoms with Gasteiger partial charge in [0.25, 0.3) is 5.65 Å². The molecule has 0 saturated carbocycles. The maximum absolute atomic E-state index is 2.50. The molecule has 4 heterocycles. The maximum Gasteiger partial charge on any atom is 0.292 e. The lowest BCUT2D eigenvalue weighted by Gasteiger charge is -2.17. The molecule has 1 fully saturated rings. The van der Waals surface area contributed by atoms with Crippen molar-refractivity contribution in [2.24, 2.45) is 0 Å². The number of benzene rings is 2. The lowest BCUT2D eigenvalue weighted by molar-refractivity contribution is -0.479. The Labute approximate surface area is 170 Å². The van der Waals surface area contributed by atoms with Crippen molar-refractivity contribution >= 4 is 38.7 Å². The Kier molecular flexibility index (Phi) is 3.61. The van der Waals surface area contributed by atoms with Crippen molar-refractivity contribution < 1.29 is 4.40 Å². The molecule has 0 radical (unpaired) electrons. The fourth-order valence-corrected chi connectivity index (χ4v) is 4.90. The number of hydrogen-bond acceptors (Lipinski definition) is 1. The highest BCUT2D eigenvalue weighted by atomic mass is 15.1. The van der Waals surface area contributed by atoms with Gasteiger partial charge in [-0.05, 0) is 72.9 Å². The Hall–Kier alpha value is -3.07. The molecule has 3 nitrogen and oxygen atoms in total. The molecule has 3 aromatic heterocycles. The Morgan fingerprint density at radius 1 is 0.828 bits per heavy atom. The fraction of sp³-hybridized carbons (Fsp3) is 0.269. The Morgan fingerprint density at radius 3 is 2.48 bits per heavy atom. The average Bonchev–Trinajstić information content (AvgIpc) is 3.40. The van der Waals surface area contributed by atoms with Crippen molar-refractivity contribution in [3.63, 3.8) is 0 Å². The summed E-state index contributed by atoms with van der Waals surface area (Å²) in [6.45, 7) is 6.87. The first-order valence-electron chi connectivity index (χ1n) is 10.8. The molecular weight excluding hydrogens is 354 g/mol. The molecule has 0 spiro atoms. The van der Waals surface area contributed by atoms with Crippen molar-refractivity contribution in [2.75, 3.05) is 18.0 Å². The molecule has 0 amide bonds. The Balaban J connectivity index is 1.60. The van der Waals surface area contributed by atoms with Crippen LogP contribution in [0.25, 0.3) is 33.0 Å². The zero-order valence-corrected chi connectivity index (χ0v) is 17.1. The molecule has 2 aromatic carbocycles. The number of fused-ring (bicyclic) bond motifs is 7. The molecule has 144 valence electrons. The monoisotopic (exact) mass is 380 g/mol. The number of imidazole rings is 1. The van der Waals surface area contributed by atoms with Crippen LogP contribution in [0.4, 0.5) is 5.69 Å². The van der Waals surface area contributed by atoms with Gasteiger partial charge in [-0.2, -0.15) is 8.80 Å². The standard InChI is InChI=1S/C26H26N3/c1-18(2)19-6-10-25-20(15-19)5-8-23-17-28-24-11-9-22(27-13-3-4-14-27)16-21(24)7-12-26(28)29(23)25/h5-12,15-18H,3-4,13-14H2,1-2H3/q+1. The second-order valence-corrected chi connectivity index (χ2v) is 8.69. The van der Waals surface area contributed by atoms with Crippen LogP contribution in [0.15, 0.2) is 66.9 Å². The molecule has 0 unspecified atom stereocenters. The molecule has 1 saturated heterocycles. The van der Waals surface area contributed by atoms with E-state index >= 15 is 0 Å². The zero-order chi connectivity index (χ0) is 19.5. The van der Waals surface area contributed by atoms with Crippen LogP contribution in [0.5, 0.6) is 0 Å². The maximum atomic E-state index is 2.50. The SMILES string of the molecule is CC(C)c1ccc2c(ccc3c[n+]4c5ccc(N6CCCC6)cc5ccc4n32)c1. The normalized spacial score (nSPS) is 14.9. The number of hydrogen-bond donors (Lipinski definition) is 0. The van der Waals surface area contributed by atoms with Crippen molar-refractivity contribution in [3.8, 4) is 0 Å². The van der Waals surface area contributed by atoms with Gasteiger partial charge in [0.2, 0.25) is 0 Å². The molecule has 0 atom stereocenters. The molecule has 29 heavy (non-hydrogen) atoms. The van der Waals surface area contributed by atoms with E-state index in [0.29, 0.717) is 5.92 Å². The third kappa shape index (κ3) is 2.53. The van der Waals surface area contributed by atoms with Gasteiger partial charge in [-0.15, -0.1) is 0 Å².